The van der Waals surface area contributed by atoms with Crippen LogP contribution in [-0.4, -0.2) is 21.2 Å². The number of amides is 1. The van der Waals surface area contributed by atoms with E-state index in [2.05, 4.69) is 10.3 Å². The van der Waals surface area contributed by atoms with Gasteiger partial charge in [0, 0.05) is 0 Å². The normalized spacial score (nSPS) is 10.7. The summed E-state index contributed by atoms with van der Waals surface area (Å²) in [6, 6.07) is 18.5. The molecule has 0 spiro atoms. The standard InChI is InChI=1S/C22H16N4O2S2/c1-14-6-8-16(9-7-14)26-21(28)17-4-2-3-5-18(17)24-22(26)30-13-19(27)25-20-15(12-23)10-11-29-20/h2-11H,13H2,1H3,(H,25,27). The fraction of sp³-hybridized carbons (Fsp3) is 0.0909. The predicted molar refractivity (Wildman–Crippen MR) is 120 cm³/mol. The minimum Gasteiger partial charge on any atom is -0.316 e. The molecule has 0 bridgehead atoms. The maximum Gasteiger partial charge on any atom is 0.266 e. The summed E-state index contributed by atoms with van der Waals surface area (Å²) in [6.07, 6.45) is 0. The van der Waals surface area contributed by atoms with Gasteiger partial charge in [-0.25, -0.2) is 4.98 Å². The molecule has 0 unspecified atom stereocenters. The molecule has 0 aliphatic rings. The largest absolute Gasteiger partial charge is 0.316 e. The molecule has 30 heavy (non-hydrogen) atoms. The second kappa shape index (κ2) is 8.53. The summed E-state index contributed by atoms with van der Waals surface area (Å²) in [7, 11) is 0. The molecule has 8 heteroatoms. The molecule has 2 heterocycles. The van der Waals surface area contributed by atoms with Gasteiger partial charge in [0.1, 0.15) is 11.1 Å². The zero-order valence-corrected chi connectivity index (χ0v) is 17.6. The third-order valence-corrected chi connectivity index (χ3v) is 6.18. The number of nitriles is 1. The lowest BCUT2D eigenvalue weighted by Crippen LogP contribution is -2.23. The summed E-state index contributed by atoms with van der Waals surface area (Å²) in [5.74, 6) is -0.212. The highest BCUT2D eigenvalue weighted by Gasteiger charge is 2.15. The fourth-order valence-electron chi connectivity index (χ4n) is 2.92. The van der Waals surface area contributed by atoms with Crippen molar-refractivity contribution in [3.05, 3.63) is 81.5 Å². The van der Waals surface area contributed by atoms with Crippen LogP contribution in [-0.2, 0) is 4.79 Å². The number of thiophene rings is 1. The average Bonchev–Trinajstić information content (AvgIpc) is 3.20. The van der Waals surface area contributed by atoms with E-state index in [9.17, 15) is 9.59 Å². The summed E-state index contributed by atoms with van der Waals surface area (Å²) in [6.45, 7) is 1.98. The molecule has 0 aliphatic carbocycles. The monoisotopic (exact) mass is 432 g/mol. The second-order valence-corrected chi connectivity index (χ2v) is 8.36. The van der Waals surface area contributed by atoms with Crippen molar-refractivity contribution in [1.29, 1.82) is 5.26 Å². The molecule has 2 aromatic heterocycles. The molecule has 0 aliphatic heterocycles. The Kier molecular flexibility index (Phi) is 5.65. The van der Waals surface area contributed by atoms with Crippen molar-refractivity contribution in [2.24, 2.45) is 0 Å². The molecule has 0 saturated heterocycles. The first-order valence-corrected chi connectivity index (χ1v) is 10.9. The molecule has 1 amide bonds. The van der Waals surface area contributed by atoms with Gasteiger partial charge in [0.05, 0.1) is 27.9 Å². The van der Waals surface area contributed by atoms with Gasteiger partial charge in [0.15, 0.2) is 5.16 Å². The number of fused-ring (bicyclic) bond motifs is 1. The van der Waals surface area contributed by atoms with Crippen LogP contribution in [0, 0.1) is 18.3 Å². The van der Waals surface area contributed by atoms with E-state index in [0.717, 1.165) is 5.56 Å². The Morgan fingerprint density at radius 1 is 1.20 bits per heavy atom. The number of hydrogen-bond donors (Lipinski definition) is 1. The van der Waals surface area contributed by atoms with Crippen LogP contribution < -0.4 is 10.9 Å². The number of aromatic nitrogens is 2. The molecular formula is C22H16N4O2S2. The Hall–Kier alpha value is -3.41. The van der Waals surface area contributed by atoms with Crippen LogP contribution in [0.25, 0.3) is 16.6 Å². The van der Waals surface area contributed by atoms with Crippen molar-refractivity contribution < 1.29 is 4.79 Å². The molecular weight excluding hydrogens is 416 g/mol. The Labute approximate surface area is 180 Å². The highest BCUT2D eigenvalue weighted by molar-refractivity contribution is 7.99. The van der Waals surface area contributed by atoms with Gasteiger partial charge in [-0.15, -0.1) is 11.3 Å². The average molecular weight is 433 g/mol. The molecule has 0 fully saturated rings. The minimum atomic E-state index is -0.267. The molecule has 0 saturated carbocycles. The Balaban J connectivity index is 1.68. The van der Waals surface area contributed by atoms with Crippen molar-refractivity contribution in [2.75, 3.05) is 11.1 Å². The third kappa shape index (κ3) is 3.99. The van der Waals surface area contributed by atoms with Crippen LogP contribution in [0.15, 0.2) is 69.9 Å². The van der Waals surface area contributed by atoms with Crippen LogP contribution in [0.4, 0.5) is 5.00 Å². The van der Waals surface area contributed by atoms with Crippen LogP contribution in [0.5, 0.6) is 0 Å². The number of nitrogens with zero attached hydrogens (tertiary/aromatic N) is 3. The molecule has 6 nitrogen and oxygen atoms in total. The van der Waals surface area contributed by atoms with Crippen LogP contribution in [0.2, 0.25) is 0 Å². The van der Waals surface area contributed by atoms with E-state index in [1.54, 1.807) is 29.6 Å². The lowest BCUT2D eigenvalue weighted by Gasteiger charge is -2.13. The maximum atomic E-state index is 13.2. The first-order valence-electron chi connectivity index (χ1n) is 9.06. The number of nitrogens with one attached hydrogen (secondary N) is 1. The highest BCUT2D eigenvalue weighted by Crippen LogP contribution is 2.24. The van der Waals surface area contributed by atoms with E-state index in [1.165, 1.54) is 27.7 Å². The number of carbonyl (C=O) groups is 1. The Morgan fingerprint density at radius 3 is 2.73 bits per heavy atom. The molecule has 4 rings (SSSR count). The van der Waals surface area contributed by atoms with Crippen molar-refractivity contribution >= 4 is 44.9 Å². The number of hydrogen-bond acceptors (Lipinski definition) is 6. The molecule has 1 N–H and O–H groups in total. The molecule has 2 aromatic carbocycles. The van der Waals surface area contributed by atoms with E-state index in [4.69, 9.17) is 5.26 Å². The summed E-state index contributed by atoms with van der Waals surface area (Å²) in [5.41, 5.74) is 2.60. The summed E-state index contributed by atoms with van der Waals surface area (Å²) in [4.78, 5) is 30.3. The number of rotatable bonds is 5. The maximum absolute atomic E-state index is 13.2. The number of aryl methyl sites for hydroxylation is 1. The van der Waals surface area contributed by atoms with E-state index < -0.39 is 0 Å². The number of para-hydroxylation sites is 1. The molecule has 4 aromatic rings. The number of benzene rings is 2. The van der Waals surface area contributed by atoms with Crippen LogP contribution in [0.3, 0.4) is 0 Å². The fourth-order valence-corrected chi connectivity index (χ4v) is 4.48. The zero-order chi connectivity index (χ0) is 21.1. The minimum absolute atomic E-state index is 0.0550. The number of thioether (sulfide) groups is 1. The Bertz CT molecular complexity index is 1330. The van der Waals surface area contributed by atoms with Crippen molar-refractivity contribution in [3.63, 3.8) is 0 Å². The van der Waals surface area contributed by atoms with E-state index >= 15 is 0 Å². The van der Waals surface area contributed by atoms with Crippen LogP contribution >= 0.6 is 23.1 Å². The smallest absolute Gasteiger partial charge is 0.266 e. The van der Waals surface area contributed by atoms with E-state index in [-0.39, 0.29) is 17.2 Å². The van der Waals surface area contributed by atoms with Crippen LogP contribution in [0.1, 0.15) is 11.1 Å². The van der Waals surface area contributed by atoms with Crippen molar-refractivity contribution in [1.82, 2.24) is 9.55 Å². The van der Waals surface area contributed by atoms with Gasteiger partial charge in [0.25, 0.3) is 5.56 Å². The van der Waals surface area contributed by atoms with Gasteiger partial charge >= 0.3 is 0 Å². The summed E-state index contributed by atoms with van der Waals surface area (Å²) >= 11 is 2.48. The van der Waals surface area contributed by atoms with Crippen molar-refractivity contribution in [3.8, 4) is 11.8 Å². The third-order valence-electron chi connectivity index (χ3n) is 4.41. The molecule has 0 radical (unpaired) electrons. The van der Waals surface area contributed by atoms with Gasteiger partial charge in [0.2, 0.25) is 5.91 Å². The molecule has 148 valence electrons. The SMILES string of the molecule is Cc1ccc(-n2c(SCC(=O)Nc3sccc3C#N)nc3ccccc3c2=O)cc1. The summed E-state index contributed by atoms with van der Waals surface area (Å²) in [5, 5.41) is 15.1. The highest BCUT2D eigenvalue weighted by atomic mass is 32.2. The zero-order valence-electron chi connectivity index (χ0n) is 16.0. The summed E-state index contributed by atoms with van der Waals surface area (Å²) < 4.78 is 1.53. The number of anilines is 1. The lowest BCUT2D eigenvalue weighted by atomic mass is 10.2. The van der Waals surface area contributed by atoms with Gasteiger partial charge in [-0.3, -0.25) is 14.2 Å². The Morgan fingerprint density at radius 2 is 1.97 bits per heavy atom. The van der Waals surface area contributed by atoms with E-state index in [0.29, 0.717) is 32.3 Å². The van der Waals surface area contributed by atoms with Gasteiger partial charge in [-0.1, -0.05) is 41.6 Å². The van der Waals surface area contributed by atoms with Crippen molar-refractivity contribution in [2.45, 2.75) is 12.1 Å². The number of carbonyl (C=O) groups excluding carboxylic acids is 1. The first kappa shape index (κ1) is 19.9. The van der Waals surface area contributed by atoms with Gasteiger partial charge in [-0.2, -0.15) is 5.26 Å². The van der Waals surface area contributed by atoms with Gasteiger partial charge in [-0.05, 0) is 42.6 Å². The quantitative estimate of drug-likeness (QED) is 0.374. The molecule has 0 atom stereocenters. The predicted octanol–water partition coefficient (Wildman–Crippen LogP) is 4.36. The topological polar surface area (TPSA) is 87.8 Å². The van der Waals surface area contributed by atoms with Gasteiger partial charge < -0.3 is 5.32 Å². The van der Waals surface area contributed by atoms with E-state index in [1.807, 2.05) is 43.3 Å². The second-order valence-electron chi connectivity index (χ2n) is 6.50. The first-order chi connectivity index (χ1) is 14.6. The lowest BCUT2D eigenvalue weighted by molar-refractivity contribution is -0.113.